The van der Waals surface area contributed by atoms with Crippen molar-refractivity contribution in [1.29, 1.82) is 0 Å². The molecular formula is C23H29N3O3. The van der Waals surface area contributed by atoms with Crippen molar-refractivity contribution in [3.8, 4) is 11.3 Å². The molecule has 0 spiro atoms. The Morgan fingerprint density at radius 3 is 2.62 bits per heavy atom. The number of hydrogen-bond donors (Lipinski definition) is 0. The number of esters is 1. The van der Waals surface area contributed by atoms with Gasteiger partial charge < -0.3 is 14.5 Å². The maximum atomic E-state index is 13.4. The van der Waals surface area contributed by atoms with E-state index < -0.39 is 6.04 Å². The first-order valence-corrected chi connectivity index (χ1v) is 10.2. The van der Waals surface area contributed by atoms with Gasteiger partial charge in [0.15, 0.2) is 0 Å². The molecule has 1 saturated heterocycles. The predicted molar refractivity (Wildman–Crippen MR) is 114 cm³/mol. The van der Waals surface area contributed by atoms with Crippen LogP contribution < -0.4 is 4.90 Å². The number of carbonyl (C=O) groups excluding carboxylic acids is 2. The van der Waals surface area contributed by atoms with Gasteiger partial charge in [-0.25, -0.2) is 9.78 Å². The molecule has 3 rings (SSSR count). The summed E-state index contributed by atoms with van der Waals surface area (Å²) in [6, 6.07) is 11.2. The van der Waals surface area contributed by atoms with Crippen molar-refractivity contribution in [2.24, 2.45) is 0 Å². The Kier molecular flexibility index (Phi) is 6.52. The van der Waals surface area contributed by atoms with Crippen LogP contribution in [0.4, 0.5) is 5.82 Å². The zero-order valence-corrected chi connectivity index (χ0v) is 17.6. The highest BCUT2D eigenvalue weighted by atomic mass is 16.5. The number of anilines is 1. The molecule has 0 aliphatic carbocycles. The first-order valence-electron chi connectivity index (χ1n) is 10.2. The predicted octanol–water partition coefficient (Wildman–Crippen LogP) is 3.68. The van der Waals surface area contributed by atoms with Crippen molar-refractivity contribution in [2.45, 2.75) is 39.2 Å². The standard InChI is InChI=1S/C23H29N3O3/c1-5-29-23(28)20-12-8-9-15-26(20)22(27)18-13-14-19(24-21(18)25(3)4)17-11-7-6-10-16(17)2/h6-7,10-11,13-14,20H,5,8-9,12,15H2,1-4H3/t20-/m0/s1. The molecule has 154 valence electrons. The summed E-state index contributed by atoms with van der Waals surface area (Å²) in [5, 5.41) is 0. The van der Waals surface area contributed by atoms with Crippen molar-refractivity contribution in [1.82, 2.24) is 9.88 Å². The Bertz CT molecular complexity index is 895. The second-order valence-electron chi connectivity index (χ2n) is 7.54. The molecule has 1 aromatic carbocycles. The number of nitrogens with zero attached hydrogens (tertiary/aromatic N) is 3. The molecule has 1 aromatic heterocycles. The molecule has 0 saturated carbocycles. The number of piperidine rings is 1. The van der Waals surface area contributed by atoms with Crippen molar-refractivity contribution in [3.63, 3.8) is 0 Å². The van der Waals surface area contributed by atoms with E-state index in [2.05, 4.69) is 0 Å². The number of aryl methyl sites for hydroxylation is 1. The van der Waals surface area contributed by atoms with E-state index in [4.69, 9.17) is 9.72 Å². The molecule has 1 fully saturated rings. The fraction of sp³-hybridized carbons (Fsp3) is 0.435. The van der Waals surface area contributed by atoms with Gasteiger partial charge in [-0.15, -0.1) is 0 Å². The van der Waals surface area contributed by atoms with Crippen molar-refractivity contribution < 1.29 is 14.3 Å². The van der Waals surface area contributed by atoms with Gasteiger partial charge in [-0.2, -0.15) is 0 Å². The molecule has 1 aliphatic heterocycles. The van der Waals surface area contributed by atoms with Crippen LogP contribution in [0.25, 0.3) is 11.3 Å². The molecule has 0 radical (unpaired) electrons. The van der Waals surface area contributed by atoms with Crippen LogP contribution in [0.15, 0.2) is 36.4 Å². The van der Waals surface area contributed by atoms with Gasteiger partial charge in [0.05, 0.1) is 17.9 Å². The highest BCUT2D eigenvalue weighted by molar-refractivity contribution is 6.01. The monoisotopic (exact) mass is 395 g/mol. The topological polar surface area (TPSA) is 62.7 Å². The van der Waals surface area contributed by atoms with Gasteiger partial charge in [-0.05, 0) is 50.8 Å². The second-order valence-corrected chi connectivity index (χ2v) is 7.54. The number of benzene rings is 1. The largest absolute Gasteiger partial charge is 0.464 e. The Morgan fingerprint density at radius 1 is 1.17 bits per heavy atom. The summed E-state index contributed by atoms with van der Waals surface area (Å²) in [6.07, 6.45) is 2.43. The van der Waals surface area contributed by atoms with Gasteiger partial charge in [-0.1, -0.05) is 24.3 Å². The Balaban J connectivity index is 1.97. The Morgan fingerprint density at radius 2 is 1.93 bits per heavy atom. The maximum Gasteiger partial charge on any atom is 0.328 e. The SMILES string of the molecule is CCOC(=O)[C@@H]1CCCCN1C(=O)c1ccc(-c2ccccc2C)nc1N(C)C. The number of amides is 1. The van der Waals surface area contributed by atoms with E-state index in [1.54, 1.807) is 11.8 Å². The summed E-state index contributed by atoms with van der Waals surface area (Å²) < 4.78 is 5.21. The van der Waals surface area contributed by atoms with Gasteiger partial charge in [0.25, 0.3) is 5.91 Å². The highest BCUT2D eigenvalue weighted by Gasteiger charge is 2.35. The molecule has 0 N–H and O–H groups in total. The third-order valence-electron chi connectivity index (χ3n) is 5.27. The van der Waals surface area contributed by atoms with Crippen LogP contribution >= 0.6 is 0 Å². The van der Waals surface area contributed by atoms with E-state index in [-0.39, 0.29) is 11.9 Å². The maximum absolute atomic E-state index is 13.4. The molecule has 6 heteroatoms. The van der Waals surface area contributed by atoms with E-state index in [0.29, 0.717) is 31.0 Å². The lowest BCUT2D eigenvalue weighted by Gasteiger charge is -2.34. The summed E-state index contributed by atoms with van der Waals surface area (Å²) in [5.41, 5.74) is 3.49. The molecular weight excluding hydrogens is 366 g/mol. The van der Waals surface area contributed by atoms with Crippen LogP contribution in [0.1, 0.15) is 42.1 Å². The quantitative estimate of drug-likeness (QED) is 0.723. The number of likely N-dealkylation sites (tertiary alicyclic amines) is 1. The Hall–Kier alpha value is -2.89. The lowest BCUT2D eigenvalue weighted by Crippen LogP contribution is -2.49. The lowest BCUT2D eigenvalue weighted by molar-refractivity contribution is -0.149. The fourth-order valence-corrected chi connectivity index (χ4v) is 3.78. The van der Waals surface area contributed by atoms with E-state index >= 15 is 0 Å². The van der Waals surface area contributed by atoms with Crippen LogP contribution in [-0.4, -0.2) is 55.0 Å². The van der Waals surface area contributed by atoms with Gasteiger partial charge in [-0.3, -0.25) is 4.79 Å². The zero-order valence-electron chi connectivity index (χ0n) is 17.6. The summed E-state index contributed by atoms with van der Waals surface area (Å²) in [5.74, 6) is 0.107. The minimum atomic E-state index is -0.526. The Labute approximate surface area is 172 Å². The molecule has 1 atom stereocenters. The van der Waals surface area contributed by atoms with Gasteiger partial charge >= 0.3 is 5.97 Å². The smallest absolute Gasteiger partial charge is 0.328 e. The van der Waals surface area contributed by atoms with Crippen molar-refractivity contribution in [3.05, 3.63) is 47.5 Å². The molecule has 29 heavy (non-hydrogen) atoms. The average molecular weight is 396 g/mol. The van der Waals surface area contributed by atoms with Gasteiger partial charge in [0.1, 0.15) is 11.9 Å². The van der Waals surface area contributed by atoms with E-state index in [0.717, 1.165) is 29.7 Å². The second kappa shape index (κ2) is 9.07. The zero-order chi connectivity index (χ0) is 21.0. The summed E-state index contributed by atoms with van der Waals surface area (Å²) in [7, 11) is 3.75. The lowest BCUT2D eigenvalue weighted by atomic mass is 10.00. The molecule has 1 aliphatic rings. The number of hydrogen-bond acceptors (Lipinski definition) is 5. The summed E-state index contributed by atoms with van der Waals surface area (Å²) >= 11 is 0. The van der Waals surface area contributed by atoms with E-state index in [1.165, 1.54) is 0 Å². The van der Waals surface area contributed by atoms with Gasteiger partial charge in [0, 0.05) is 26.2 Å². The van der Waals surface area contributed by atoms with Crippen molar-refractivity contribution >= 4 is 17.7 Å². The number of ether oxygens (including phenoxy) is 1. The number of aromatic nitrogens is 1. The molecule has 0 bridgehead atoms. The van der Waals surface area contributed by atoms with Crippen LogP contribution in [0, 0.1) is 6.92 Å². The minimum Gasteiger partial charge on any atom is -0.464 e. The molecule has 1 amide bonds. The first kappa shape index (κ1) is 20.8. The van der Waals surface area contributed by atoms with Crippen molar-refractivity contribution in [2.75, 3.05) is 32.1 Å². The normalized spacial score (nSPS) is 16.4. The summed E-state index contributed by atoms with van der Waals surface area (Å²) in [4.78, 5) is 34.1. The highest BCUT2D eigenvalue weighted by Crippen LogP contribution is 2.28. The molecule has 2 aromatic rings. The first-order chi connectivity index (χ1) is 13.9. The van der Waals surface area contributed by atoms with E-state index in [1.807, 2.05) is 62.3 Å². The third-order valence-corrected chi connectivity index (χ3v) is 5.27. The fourth-order valence-electron chi connectivity index (χ4n) is 3.78. The molecule has 2 heterocycles. The number of carbonyl (C=O) groups is 2. The minimum absolute atomic E-state index is 0.171. The molecule has 6 nitrogen and oxygen atoms in total. The third kappa shape index (κ3) is 4.42. The number of rotatable bonds is 5. The van der Waals surface area contributed by atoms with Crippen LogP contribution in [0.5, 0.6) is 0 Å². The number of pyridine rings is 1. The van der Waals surface area contributed by atoms with Crippen LogP contribution in [0.3, 0.4) is 0 Å². The van der Waals surface area contributed by atoms with Crippen LogP contribution in [0.2, 0.25) is 0 Å². The summed E-state index contributed by atoms with van der Waals surface area (Å²) in [6.45, 7) is 4.69. The van der Waals surface area contributed by atoms with E-state index in [9.17, 15) is 9.59 Å². The molecule has 0 unspecified atom stereocenters. The van der Waals surface area contributed by atoms with Gasteiger partial charge in [0.2, 0.25) is 0 Å². The van der Waals surface area contributed by atoms with Crippen LogP contribution in [-0.2, 0) is 9.53 Å². The average Bonchev–Trinajstić information content (AvgIpc) is 2.73.